The Labute approximate surface area is 178 Å². The molecule has 1 aliphatic carbocycles. The van der Waals surface area contributed by atoms with E-state index in [9.17, 15) is 31.1 Å². The summed E-state index contributed by atoms with van der Waals surface area (Å²) in [4.78, 5) is 11.3. The number of methoxy groups -OCH3 is 1. The van der Waals surface area contributed by atoms with Crippen LogP contribution in [0.1, 0.15) is 29.9 Å². The molecule has 2 atom stereocenters. The number of carbonyl (C=O) groups excluding carboxylic acids is 1. The molecule has 1 fully saturated rings. The van der Waals surface area contributed by atoms with Gasteiger partial charge in [-0.3, -0.25) is 15.6 Å². The van der Waals surface area contributed by atoms with Crippen LogP contribution in [0, 0.1) is 5.92 Å². The molecule has 2 aromatic rings. The van der Waals surface area contributed by atoms with Crippen LogP contribution < -0.4 is 20.9 Å². The van der Waals surface area contributed by atoms with E-state index in [0.29, 0.717) is 5.75 Å². The molecule has 0 unspecified atom stereocenters. The van der Waals surface area contributed by atoms with Gasteiger partial charge >= 0.3 is 12.4 Å². The molecule has 32 heavy (non-hydrogen) atoms. The Bertz CT molecular complexity index is 966. The number of nitrogens with zero attached hydrogens (tertiary/aromatic N) is 2. The largest absolute Gasteiger partial charge is 0.496 e. The summed E-state index contributed by atoms with van der Waals surface area (Å²) in [7, 11) is 1.54. The summed E-state index contributed by atoms with van der Waals surface area (Å²) in [6.07, 6.45) is -9.98. The van der Waals surface area contributed by atoms with Crippen LogP contribution >= 0.6 is 0 Å². The number of ether oxygens (including phenoxy) is 1. The second-order valence-electron chi connectivity index (χ2n) is 7.17. The molecule has 1 aromatic heterocycles. The number of rotatable bonds is 8. The highest BCUT2D eigenvalue weighted by molar-refractivity contribution is 5.78. The zero-order valence-corrected chi connectivity index (χ0v) is 16.6. The maximum absolute atomic E-state index is 13.6. The number of nitrogens with one attached hydrogen (secondary N) is 3. The molecule has 1 heterocycles. The molecule has 13 heteroatoms. The Morgan fingerprint density at radius 3 is 2.56 bits per heavy atom. The lowest BCUT2D eigenvalue weighted by Gasteiger charge is -2.18. The van der Waals surface area contributed by atoms with Crippen LogP contribution in [-0.2, 0) is 11.0 Å². The van der Waals surface area contributed by atoms with Crippen molar-refractivity contribution >= 4 is 17.4 Å². The van der Waals surface area contributed by atoms with E-state index in [1.54, 1.807) is 16.9 Å². The highest BCUT2D eigenvalue weighted by Gasteiger charge is 2.42. The Morgan fingerprint density at radius 1 is 1.19 bits per heavy atom. The number of aromatic nitrogens is 2. The maximum Gasteiger partial charge on any atom is 0.422 e. The third-order valence-electron chi connectivity index (χ3n) is 4.83. The average molecular weight is 463 g/mol. The molecular weight excluding hydrogens is 444 g/mol. The first-order valence-corrected chi connectivity index (χ1v) is 9.41. The number of alkyl halides is 6. The van der Waals surface area contributed by atoms with Gasteiger partial charge in [0.15, 0.2) is 5.82 Å². The van der Waals surface area contributed by atoms with E-state index in [1.807, 2.05) is 18.2 Å². The SMILES string of the molecule is COc1ccccc1[C@@H]1C[C@H]1CNc1cnnc(NNC(=O)CC(F)(F)F)c1C(F)(F)F. The van der Waals surface area contributed by atoms with E-state index < -0.39 is 41.7 Å². The molecule has 1 saturated carbocycles. The van der Waals surface area contributed by atoms with Crippen molar-refractivity contribution in [2.75, 3.05) is 24.4 Å². The van der Waals surface area contributed by atoms with Gasteiger partial charge in [0.1, 0.15) is 17.7 Å². The molecule has 0 bridgehead atoms. The van der Waals surface area contributed by atoms with Crippen LogP contribution in [-0.4, -0.2) is 35.9 Å². The molecule has 3 rings (SSSR count). The number of para-hydroxylation sites is 1. The third kappa shape index (κ3) is 5.92. The first-order valence-electron chi connectivity index (χ1n) is 9.41. The Hall–Kier alpha value is -3.25. The van der Waals surface area contributed by atoms with Gasteiger partial charge in [0.25, 0.3) is 0 Å². The topological polar surface area (TPSA) is 88.2 Å². The predicted molar refractivity (Wildman–Crippen MR) is 102 cm³/mol. The van der Waals surface area contributed by atoms with Crippen molar-refractivity contribution in [3.63, 3.8) is 0 Å². The van der Waals surface area contributed by atoms with Crippen molar-refractivity contribution in [3.8, 4) is 5.75 Å². The lowest BCUT2D eigenvalue weighted by molar-refractivity contribution is -0.153. The van der Waals surface area contributed by atoms with E-state index in [4.69, 9.17) is 4.74 Å². The minimum absolute atomic E-state index is 0.0449. The van der Waals surface area contributed by atoms with Crippen LogP contribution in [0.4, 0.5) is 37.8 Å². The van der Waals surface area contributed by atoms with Crippen molar-refractivity contribution in [3.05, 3.63) is 41.6 Å². The summed E-state index contributed by atoms with van der Waals surface area (Å²) >= 11 is 0. The molecule has 1 aliphatic rings. The van der Waals surface area contributed by atoms with Crippen molar-refractivity contribution in [1.29, 1.82) is 0 Å². The fourth-order valence-corrected chi connectivity index (χ4v) is 3.32. The second kappa shape index (κ2) is 9.09. The van der Waals surface area contributed by atoms with Gasteiger partial charge in [-0.05, 0) is 29.9 Å². The summed E-state index contributed by atoms with van der Waals surface area (Å²) in [6, 6.07) is 7.36. The Kier molecular flexibility index (Phi) is 6.65. The van der Waals surface area contributed by atoms with Gasteiger partial charge in [0, 0.05) is 6.54 Å². The van der Waals surface area contributed by atoms with Gasteiger partial charge in [-0.2, -0.15) is 31.4 Å². The normalized spacial score (nSPS) is 18.1. The molecule has 0 saturated heterocycles. The molecule has 3 N–H and O–H groups in total. The number of amides is 1. The van der Waals surface area contributed by atoms with Crippen molar-refractivity contribution in [2.24, 2.45) is 5.92 Å². The van der Waals surface area contributed by atoms with Crippen LogP contribution in [0.25, 0.3) is 0 Å². The van der Waals surface area contributed by atoms with Crippen LogP contribution in [0.2, 0.25) is 0 Å². The van der Waals surface area contributed by atoms with Crippen LogP contribution in [0.15, 0.2) is 30.5 Å². The summed E-state index contributed by atoms with van der Waals surface area (Å²) in [5.41, 5.74) is 2.61. The molecule has 0 spiro atoms. The Morgan fingerprint density at radius 2 is 1.91 bits per heavy atom. The van der Waals surface area contributed by atoms with Gasteiger partial charge < -0.3 is 10.1 Å². The first-order chi connectivity index (χ1) is 15.0. The third-order valence-corrected chi connectivity index (χ3v) is 4.83. The van der Waals surface area contributed by atoms with Gasteiger partial charge in [-0.15, -0.1) is 5.10 Å². The highest BCUT2D eigenvalue weighted by Crippen LogP contribution is 2.50. The van der Waals surface area contributed by atoms with Crippen LogP contribution in [0.5, 0.6) is 5.75 Å². The zero-order valence-electron chi connectivity index (χ0n) is 16.6. The number of halogens is 6. The molecule has 7 nitrogen and oxygen atoms in total. The number of hydrogen-bond acceptors (Lipinski definition) is 6. The highest BCUT2D eigenvalue weighted by atomic mass is 19.4. The summed E-state index contributed by atoms with van der Waals surface area (Å²) in [5.74, 6) is -1.63. The van der Waals surface area contributed by atoms with E-state index in [2.05, 4.69) is 15.5 Å². The summed E-state index contributed by atoms with van der Waals surface area (Å²) in [6.45, 7) is 0.192. The lowest BCUT2D eigenvalue weighted by atomic mass is 10.1. The number of carbonyl (C=O) groups is 1. The maximum atomic E-state index is 13.6. The minimum atomic E-state index is -4.92. The second-order valence-corrected chi connectivity index (χ2v) is 7.17. The van der Waals surface area contributed by atoms with E-state index in [0.717, 1.165) is 18.2 Å². The minimum Gasteiger partial charge on any atom is -0.496 e. The van der Waals surface area contributed by atoms with E-state index >= 15 is 0 Å². The molecule has 0 radical (unpaired) electrons. The zero-order chi connectivity index (χ0) is 23.5. The first kappa shape index (κ1) is 23.4. The number of hydrogen-bond donors (Lipinski definition) is 3. The number of hydrazine groups is 1. The smallest absolute Gasteiger partial charge is 0.422 e. The quantitative estimate of drug-likeness (QED) is 0.403. The Balaban J connectivity index is 1.69. The summed E-state index contributed by atoms with van der Waals surface area (Å²) in [5, 5.41) is 9.40. The van der Waals surface area contributed by atoms with Gasteiger partial charge in [0.05, 0.1) is 19.0 Å². The standard InChI is InChI=1S/C19H19F6N5O2/c1-32-14-5-3-2-4-11(14)12-6-10(12)8-26-13-9-27-29-17(16(13)19(23,24)25)30-28-15(31)7-18(20,21)22/h2-5,9-10,12H,6-8H2,1H3,(H,28,31)(H2,26,29,30)/t10-,12+/m0/s1. The molecule has 1 amide bonds. The van der Waals surface area contributed by atoms with Gasteiger partial charge in [-0.25, -0.2) is 0 Å². The molecule has 0 aliphatic heterocycles. The van der Waals surface area contributed by atoms with Crippen molar-refractivity contribution in [1.82, 2.24) is 15.6 Å². The lowest BCUT2D eigenvalue weighted by Crippen LogP contribution is -2.34. The van der Waals surface area contributed by atoms with Crippen molar-refractivity contribution in [2.45, 2.75) is 31.1 Å². The van der Waals surface area contributed by atoms with Gasteiger partial charge in [-0.1, -0.05) is 18.2 Å². The fraction of sp³-hybridized carbons (Fsp3) is 0.421. The molecular formula is C19H19F6N5O2. The van der Waals surface area contributed by atoms with E-state index in [-0.39, 0.29) is 18.4 Å². The predicted octanol–water partition coefficient (Wildman–Crippen LogP) is 4.12. The monoisotopic (exact) mass is 463 g/mol. The van der Waals surface area contributed by atoms with Gasteiger partial charge in [0.2, 0.25) is 5.91 Å². The van der Waals surface area contributed by atoms with E-state index in [1.165, 1.54) is 7.11 Å². The molecule has 1 aromatic carbocycles. The van der Waals surface area contributed by atoms with Crippen LogP contribution in [0.3, 0.4) is 0 Å². The summed E-state index contributed by atoms with van der Waals surface area (Å²) < 4.78 is 82.9. The number of benzene rings is 1. The molecule has 174 valence electrons. The average Bonchev–Trinajstić information content (AvgIpc) is 3.48. The number of anilines is 2. The van der Waals surface area contributed by atoms with Crippen molar-refractivity contribution < 1.29 is 35.9 Å². The fourth-order valence-electron chi connectivity index (χ4n) is 3.32.